The van der Waals surface area contributed by atoms with Crippen LogP contribution in [0, 0.1) is 0 Å². The van der Waals surface area contributed by atoms with Crippen LogP contribution in [0.1, 0.15) is 22.6 Å². The fourth-order valence-electron chi connectivity index (χ4n) is 2.93. The maximum absolute atomic E-state index is 13.5. The number of alkyl halides is 3. The molecule has 3 rings (SSSR count). The number of carbonyl (C=O) groups is 1. The Hall–Kier alpha value is -2.65. The fraction of sp³-hybridized carbons (Fsp3) is 0.278. The molecule has 1 unspecified atom stereocenters. The van der Waals surface area contributed by atoms with Gasteiger partial charge in [0.2, 0.25) is 5.60 Å². The van der Waals surface area contributed by atoms with Crippen molar-refractivity contribution in [2.75, 3.05) is 6.54 Å². The van der Waals surface area contributed by atoms with Crippen LogP contribution in [0.3, 0.4) is 0 Å². The topological polar surface area (TPSA) is 80.0 Å². The first-order valence-electron chi connectivity index (χ1n) is 8.24. The maximum Gasteiger partial charge on any atom is 0.424 e. The summed E-state index contributed by atoms with van der Waals surface area (Å²) in [5.41, 5.74) is -2.53. The normalized spacial score (nSPS) is 14.1. The number of carbonyl (C=O) groups excluding carboxylic acids is 1. The zero-order valence-electron chi connectivity index (χ0n) is 14.7. The van der Waals surface area contributed by atoms with Crippen LogP contribution in [0.4, 0.5) is 13.2 Å². The molecule has 0 aliphatic carbocycles. The SMILES string of the molecule is Cn1ccnc1C(O)(CCNC(=O)c1cc(Cl)nc2ccccc12)C(F)(F)F. The van der Waals surface area contributed by atoms with E-state index < -0.39 is 36.5 Å². The molecule has 0 aliphatic rings. The van der Waals surface area contributed by atoms with Gasteiger partial charge in [0.05, 0.1) is 11.1 Å². The summed E-state index contributed by atoms with van der Waals surface area (Å²) in [4.78, 5) is 20.2. The first kappa shape index (κ1) is 20.1. The number of halogens is 4. The summed E-state index contributed by atoms with van der Waals surface area (Å²) in [6, 6.07) is 8.10. The average molecular weight is 413 g/mol. The van der Waals surface area contributed by atoms with Crippen molar-refractivity contribution in [3.63, 3.8) is 0 Å². The standard InChI is InChI=1S/C18H16ClF3N4O2/c1-26-9-8-24-16(26)17(28,18(20,21)22)6-7-23-15(27)12-10-14(19)25-13-5-3-2-4-11(12)13/h2-5,8-10,28H,6-7H2,1H3,(H,23,27). The monoisotopic (exact) mass is 412 g/mol. The Morgan fingerprint density at radius 1 is 1.32 bits per heavy atom. The molecule has 3 aromatic rings. The Morgan fingerprint density at radius 3 is 2.68 bits per heavy atom. The molecule has 1 amide bonds. The van der Waals surface area contributed by atoms with Crippen molar-refractivity contribution in [1.29, 1.82) is 0 Å². The summed E-state index contributed by atoms with van der Waals surface area (Å²) >= 11 is 5.93. The highest BCUT2D eigenvalue weighted by atomic mass is 35.5. The van der Waals surface area contributed by atoms with Crippen molar-refractivity contribution in [2.45, 2.75) is 18.2 Å². The number of amides is 1. The summed E-state index contributed by atoms with van der Waals surface area (Å²) in [5, 5.41) is 13.3. The maximum atomic E-state index is 13.5. The molecule has 0 spiro atoms. The van der Waals surface area contributed by atoms with Crippen LogP contribution in [0.15, 0.2) is 42.7 Å². The van der Waals surface area contributed by atoms with Gasteiger partial charge in [-0.05, 0) is 12.1 Å². The first-order chi connectivity index (χ1) is 13.1. The van der Waals surface area contributed by atoms with Crippen LogP contribution in [-0.2, 0) is 12.6 Å². The lowest BCUT2D eigenvalue weighted by Gasteiger charge is -2.30. The van der Waals surface area contributed by atoms with Gasteiger partial charge in [0.15, 0.2) is 0 Å². The number of aliphatic hydroxyl groups is 1. The number of nitrogens with zero attached hydrogens (tertiary/aromatic N) is 3. The predicted octanol–water partition coefficient (Wildman–Crippen LogP) is 3.19. The lowest BCUT2D eigenvalue weighted by molar-refractivity contribution is -0.272. The molecule has 2 heterocycles. The molecule has 0 fully saturated rings. The molecular weight excluding hydrogens is 397 g/mol. The molecule has 1 atom stereocenters. The van der Waals surface area contributed by atoms with Crippen LogP contribution in [-0.4, -0.2) is 38.3 Å². The van der Waals surface area contributed by atoms with E-state index in [4.69, 9.17) is 11.6 Å². The fourth-order valence-corrected chi connectivity index (χ4v) is 3.13. The molecule has 0 saturated heterocycles. The number of nitrogens with one attached hydrogen (secondary N) is 1. The van der Waals surface area contributed by atoms with Crippen molar-refractivity contribution in [2.24, 2.45) is 7.05 Å². The molecule has 0 aliphatic heterocycles. The van der Waals surface area contributed by atoms with Gasteiger partial charge in [0, 0.05) is 37.8 Å². The van der Waals surface area contributed by atoms with Crippen LogP contribution in [0.2, 0.25) is 5.15 Å². The van der Waals surface area contributed by atoms with E-state index in [0.717, 1.165) is 10.8 Å². The summed E-state index contributed by atoms with van der Waals surface area (Å²) in [6.45, 7) is -0.435. The largest absolute Gasteiger partial charge is 0.424 e. The van der Waals surface area contributed by atoms with Gasteiger partial charge < -0.3 is 15.0 Å². The van der Waals surface area contributed by atoms with E-state index in [1.54, 1.807) is 24.3 Å². The molecule has 6 nitrogen and oxygen atoms in total. The average Bonchev–Trinajstić information content (AvgIpc) is 3.06. The Balaban J connectivity index is 1.81. The number of rotatable bonds is 5. The van der Waals surface area contributed by atoms with E-state index in [9.17, 15) is 23.1 Å². The van der Waals surface area contributed by atoms with E-state index in [2.05, 4.69) is 15.3 Å². The zero-order chi connectivity index (χ0) is 20.5. The Labute approximate surface area is 163 Å². The van der Waals surface area contributed by atoms with Crippen molar-refractivity contribution >= 4 is 28.4 Å². The van der Waals surface area contributed by atoms with Crippen molar-refractivity contribution < 1.29 is 23.1 Å². The van der Waals surface area contributed by atoms with Gasteiger partial charge in [-0.15, -0.1) is 0 Å². The number of aryl methyl sites for hydroxylation is 1. The molecule has 28 heavy (non-hydrogen) atoms. The molecule has 1 aromatic carbocycles. The third kappa shape index (κ3) is 3.67. The lowest BCUT2D eigenvalue weighted by atomic mass is 9.97. The number of aromatic nitrogens is 3. The van der Waals surface area contributed by atoms with Crippen molar-refractivity contribution in [1.82, 2.24) is 19.9 Å². The van der Waals surface area contributed by atoms with Gasteiger partial charge >= 0.3 is 6.18 Å². The second-order valence-corrected chi connectivity index (χ2v) is 6.62. The van der Waals surface area contributed by atoms with Crippen LogP contribution in [0.5, 0.6) is 0 Å². The molecular formula is C18H16ClF3N4O2. The van der Waals surface area contributed by atoms with Gasteiger partial charge in [0.1, 0.15) is 11.0 Å². The van der Waals surface area contributed by atoms with Crippen LogP contribution in [0.25, 0.3) is 10.9 Å². The number of para-hydroxylation sites is 1. The molecule has 0 saturated carbocycles. The Kier molecular flexibility index (Phi) is 5.31. The minimum Gasteiger partial charge on any atom is -0.374 e. The number of fused-ring (bicyclic) bond motifs is 1. The predicted molar refractivity (Wildman–Crippen MR) is 96.9 cm³/mol. The number of hydrogen-bond acceptors (Lipinski definition) is 4. The van der Waals surface area contributed by atoms with E-state index >= 15 is 0 Å². The van der Waals surface area contributed by atoms with Gasteiger partial charge in [-0.3, -0.25) is 4.79 Å². The second kappa shape index (κ2) is 7.40. The highest BCUT2D eigenvalue weighted by Gasteiger charge is 2.57. The van der Waals surface area contributed by atoms with Gasteiger partial charge in [-0.25, -0.2) is 9.97 Å². The number of hydrogen-bond donors (Lipinski definition) is 2. The Bertz CT molecular complexity index is 1020. The summed E-state index contributed by atoms with van der Waals surface area (Å²) < 4.78 is 41.6. The van der Waals surface area contributed by atoms with Crippen LogP contribution >= 0.6 is 11.6 Å². The van der Waals surface area contributed by atoms with Gasteiger partial charge in [-0.1, -0.05) is 29.8 Å². The molecule has 148 valence electrons. The number of benzene rings is 1. The summed E-state index contributed by atoms with van der Waals surface area (Å²) in [7, 11) is 1.35. The summed E-state index contributed by atoms with van der Waals surface area (Å²) in [6.07, 6.45) is -3.31. The van der Waals surface area contributed by atoms with E-state index in [0.29, 0.717) is 10.9 Å². The minimum atomic E-state index is -4.97. The smallest absolute Gasteiger partial charge is 0.374 e. The quantitative estimate of drug-likeness (QED) is 0.631. The highest BCUT2D eigenvalue weighted by molar-refractivity contribution is 6.30. The van der Waals surface area contributed by atoms with E-state index in [-0.39, 0.29) is 10.7 Å². The third-order valence-corrected chi connectivity index (χ3v) is 4.56. The molecule has 2 aromatic heterocycles. The molecule has 2 N–H and O–H groups in total. The van der Waals surface area contributed by atoms with E-state index in [1.807, 2.05) is 0 Å². The highest BCUT2D eigenvalue weighted by Crippen LogP contribution is 2.40. The van der Waals surface area contributed by atoms with Crippen molar-refractivity contribution in [3.05, 3.63) is 59.3 Å². The third-order valence-electron chi connectivity index (χ3n) is 4.36. The van der Waals surface area contributed by atoms with E-state index in [1.165, 1.54) is 19.3 Å². The molecule has 10 heteroatoms. The first-order valence-corrected chi connectivity index (χ1v) is 8.61. The minimum absolute atomic E-state index is 0.0867. The van der Waals surface area contributed by atoms with Crippen molar-refractivity contribution in [3.8, 4) is 0 Å². The van der Waals surface area contributed by atoms with Crippen LogP contribution < -0.4 is 5.32 Å². The zero-order valence-corrected chi connectivity index (χ0v) is 15.4. The molecule has 0 radical (unpaired) electrons. The second-order valence-electron chi connectivity index (χ2n) is 6.24. The molecule has 0 bridgehead atoms. The lowest BCUT2D eigenvalue weighted by Crippen LogP contribution is -2.46. The van der Waals surface area contributed by atoms with Gasteiger partial charge in [0.25, 0.3) is 5.91 Å². The Morgan fingerprint density at radius 2 is 2.04 bits per heavy atom. The number of imidazole rings is 1. The number of pyridine rings is 1. The summed E-state index contributed by atoms with van der Waals surface area (Å²) in [5.74, 6) is -1.17. The van der Waals surface area contributed by atoms with Gasteiger partial charge in [-0.2, -0.15) is 13.2 Å².